The van der Waals surface area contributed by atoms with Crippen LogP contribution in [0.1, 0.15) is 0 Å². The topological polar surface area (TPSA) is 3.24 Å². The predicted molar refractivity (Wildman–Crippen MR) is 168 cm³/mol. The molecule has 0 fully saturated rings. The molecule has 0 saturated carbocycles. The Kier molecular flexibility index (Phi) is 4.74. The van der Waals surface area contributed by atoms with Gasteiger partial charge in [0.25, 0.3) is 0 Å². The van der Waals surface area contributed by atoms with E-state index < -0.39 is 0 Å². The number of hydrogen-bond acceptors (Lipinski definition) is 1. The van der Waals surface area contributed by atoms with E-state index in [1.807, 2.05) is 0 Å². The molecule has 1 nitrogen and oxygen atoms in total. The summed E-state index contributed by atoms with van der Waals surface area (Å²) in [6, 6.07) is 48.5. The molecule has 0 unspecified atom stereocenters. The van der Waals surface area contributed by atoms with Crippen molar-refractivity contribution in [1.29, 1.82) is 0 Å². The lowest BCUT2D eigenvalue weighted by molar-refractivity contribution is 1.32. The highest BCUT2D eigenvalue weighted by Gasteiger charge is 2.21. The lowest BCUT2D eigenvalue weighted by atomic mass is 9.92. The van der Waals surface area contributed by atoms with Crippen molar-refractivity contribution in [2.24, 2.45) is 0 Å². The van der Waals surface area contributed by atoms with Gasteiger partial charge < -0.3 is 4.90 Å². The summed E-state index contributed by atoms with van der Waals surface area (Å²) in [5, 5.41) is 12.7. The second-order valence-corrected chi connectivity index (χ2v) is 10.7. The van der Waals surface area contributed by atoms with Gasteiger partial charge in [-0.3, -0.25) is 0 Å². The third-order valence-electron chi connectivity index (χ3n) is 7.83. The molecule has 8 aromatic carbocycles. The van der Waals surface area contributed by atoms with Gasteiger partial charge in [-0.1, -0.05) is 119 Å². The molecule has 8 rings (SSSR count). The quantitative estimate of drug-likeness (QED) is 0.199. The van der Waals surface area contributed by atoms with Crippen molar-refractivity contribution in [3.63, 3.8) is 0 Å². The number of halogens is 1. The Labute approximate surface area is 229 Å². The van der Waals surface area contributed by atoms with Crippen LogP contribution in [0.2, 0.25) is 0 Å². The molecule has 8 aromatic rings. The van der Waals surface area contributed by atoms with Gasteiger partial charge in [-0.2, -0.15) is 0 Å². The van der Waals surface area contributed by atoms with Gasteiger partial charge >= 0.3 is 0 Å². The van der Waals surface area contributed by atoms with Crippen molar-refractivity contribution >= 4 is 86.9 Å². The van der Waals surface area contributed by atoms with Crippen molar-refractivity contribution in [3.05, 3.63) is 138 Å². The van der Waals surface area contributed by atoms with E-state index in [-0.39, 0.29) is 0 Å². The van der Waals surface area contributed by atoms with E-state index in [1.54, 1.807) is 0 Å². The summed E-state index contributed by atoms with van der Waals surface area (Å²) in [5.41, 5.74) is 3.50. The standard InChI is InChI=1S/C36H22BrN/c37-32-20-16-23-15-19-31-33(21-17-24-14-18-30(32)35(23)36(24)31)38(26-9-2-1-3-10-26)34-22-25-8-4-5-11-27(25)28-12-6-7-13-29(28)34/h1-22H. The first-order valence-electron chi connectivity index (χ1n) is 12.9. The Bertz CT molecular complexity index is 2150. The number of para-hydroxylation sites is 1. The molecule has 178 valence electrons. The van der Waals surface area contributed by atoms with Gasteiger partial charge in [0.1, 0.15) is 0 Å². The van der Waals surface area contributed by atoms with Gasteiger partial charge in [-0.25, -0.2) is 0 Å². The van der Waals surface area contributed by atoms with Crippen LogP contribution in [0.25, 0.3) is 53.9 Å². The summed E-state index contributed by atoms with van der Waals surface area (Å²) in [5.74, 6) is 0. The maximum atomic E-state index is 3.80. The van der Waals surface area contributed by atoms with Gasteiger partial charge in [0.05, 0.1) is 11.4 Å². The highest BCUT2D eigenvalue weighted by Crippen LogP contribution is 2.47. The number of anilines is 3. The second kappa shape index (κ2) is 8.31. The van der Waals surface area contributed by atoms with Crippen LogP contribution < -0.4 is 4.90 Å². The summed E-state index contributed by atoms with van der Waals surface area (Å²) in [7, 11) is 0. The van der Waals surface area contributed by atoms with E-state index in [9.17, 15) is 0 Å². The molecule has 0 aliphatic carbocycles. The second-order valence-electron chi connectivity index (χ2n) is 9.89. The molecule has 0 N–H and O–H groups in total. The Morgan fingerprint density at radius 2 is 1.00 bits per heavy atom. The Balaban J connectivity index is 1.53. The van der Waals surface area contributed by atoms with Crippen LogP contribution in [-0.2, 0) is 0 Å². The summed E-state index contributed by atoms with van der Waals surface area (Å²) < 4.78 is 1.13. The van der Waals surface area contributed by atoms with Gasteiger partial charge in [0, 0.05) is 20.9 Å². The van der Waals surface area contributed by atoms with E-state index in [1.165, 1.54) is 65.2 Å². The summed E-state index contributed by atoms with van der Waals surface area (Å²) in [6.45, 7) is 0. The molecule has 0 atom stereocenters. The number of hydrogen-bond donors (Lipinski definition) is 0. The van der Waals surface area contributed by atoms with E-state index in [0.717, 1.165) is 10.2 Å². The first-order chi connectivity index (χ1) is 18.8. The van der Waals surface area contributed by atoms with Crippen molar-refractivity contribution in [2.45, 2.75) is 0 Å². The van der Waals surface area contributed by atoms with Crippen LogP contribution >= 0.6 is 15.9 Å². The van der Waals surface area contributed by atoms with Crippen molar-refractivity contribution in [2.75, 3.05) is 4.90 Å². The SMILES string of the molecule is Brc1ccc2ccc3c(N(c4ccccc4)c4cc5ccccc5c5ccccc45)ccc4ccc1c2c43. The van der Waals surface area contributed by atoms with E-state index in [0.29, 0.717) is 0 Å². The fourth-order valence-electron chi connectivity index (χ4n) is 6.15. The van der Waals surface area contributed by atoms with Crippen molar-refractivity contribution in [1.82, 2.24) is 0 Å². The van der Waals surface area contributed by atoms with Crippen molar-refractivity contribution in [3.8, 4) is 0 Å². The third kappa shape index (κ3) is 3.11. The number of rotatable bonds is 3. The van der Waals surface area contributed by atoms with Gasteiger partial charge in [-0.15, -0.1) is 0 Å². The lowest BCUT2D eigenvalue weighted by Gasteiger charge is -2.29. The molecular weight excluding hydrogens is 526 g/mol. The molecule has 0 spiro atoms. The third-order valence-corrected chi connectivity index (χ3v) is 8.52. The zero-order valence-corrected chi connectivity index (χ0v) is 22.1. The molecule has 0 heterocycles. The molecule has 0 saturated heterocycles. The first kappa shape index (κ1) is 21.7. The van der Waals surface area contributed by atoms with Gasteiger partial charge in [0.2, 0.25) is 0 Å². The minimum Gasteiger partial charge on any atom is -0.309 e. The molecule has 0 aromatic heterocycles. The fourth-order valence-corrected chi connectivity index (χ4v) is 6.61. The summed E-state index contributed by atoms with van der Waals surface area (Å²) in [6.07, 6.45) is 0. The van der Waals surface area contributed by atoms with Crippen molar-refractivity contribution < 1.29 is 0 Å². The molecule has 0 aliphatic heterocycles. The Morgan fingerprint density at radius 3 is 1.82 bits per heavy atom. The largest absolute Gasteiger partial charge is 0.309 e. The average Bonchev–Trinajstić information content (AvgIpc) is 2.98. The van der Waals surface area contributed by atoms with Crippen LogP contribution in [0.5, 0.6) is 0 Å². The predicted octanol–water partition coefficient (Wildman–Crippen LogP) is 11.1. The van der Waals surface area contributed by atoms with E-state index >= 15 is 0 Å². The maximum absolute atomic E-state index is 3.80. The summed E-state index contributed by atoms with van der Waals surface area (Å²) in [4.78, 5) is 2.44. The lowest BCUT2D eigenvalue weighted by Crippen LogP contribution is -2.11. The maximum Gasteiger partial charge on any atom is 0.0546 e. The number of benzene rings is 8. The molecule has 0 aliphatic rings. The highest BCUT2D eigenvalue weighted by molar-refractivity contribution is 9.10. The van der Waals surface area contributed by atoms with Crippen LogP contribution in [0.15, 0.2) is 138 Å². The van der Waals surface area contributed by atoms with Crippen LogP contribution in [0.3, 0.4) is 0 Å². The monoisotopic (exact) mass is 547 g/mol. The molecule has 0 radical (unpaired) electrons. The van der Waals surface area contributed by atoms with Crippen LogP contribution in [0, 0.1) is 0 Å². The number of fused-ring (bicyclic) bond motifs is 3. The molecule has 2 heteroatoms. The zero-order valence-electron chi connectivity index (χ0n) is 20.5. The number of nitrogens with zero attached hydrogens (tertiary/aromatic N) is 1. The smallest absolute Gasteiger partial charge is 0.0546 e. The minimum atomic E-state index is 1.13. The fraction of sp³-hybridized carbons (Fsp3) is 0. The minimum absolute atomic E-state index is 1.13. The average molecular weight is 548 g/mol. The first-order valence-corrected chi connectivity index (χ1v) is 13.7. The molecule has 0 amide bonds. The molecule has 0 bridgehead atoms. The van der Waals surface area contributed by atoms with E-state index in [2.05, 4.69) is 154 Å². The molecular formula is C36H22BrN. The Hall–Kier alpha value is -4.40. The van der Waals surface area contributed by atoms with Crippen LogP contribution in [0.4, 0.5) is 17.1 Å². The highest BCUT2D eigenvalue weighted by atomic mass is 79.9. The van der Waals surface area contributed by atoms with E-state index in [4.69, 9.17) is 0 Å². The van der Waals surface area contributed by atoms with Gasteiger partial charge in [0.15, 0.2) is 0 Å². The van der Waals surface area contributed by atoms with Gasteiger partial charge in [-0.05, 0) is 73.4 Å². The zero-order chi connectivity index (χ0) is 25.2. The Morgan fingerprint density at radius 1 is 0.395 bits per heavy atom. The van der Waals surface area contributed by atoms with Crippen LogP contribution in [-0.4, -0.2) is 0 Å². The summed E-state index contributed by atoms with van der Waals surface area (Å²) >= 11 is 3.80. The normalized spacial score (nSPS) is 11.8. The molecule has 38 heavy (non-hydrogen) atoms.